The van der Waals surface area contributed by atoms with Crippen molar-refractivity contribution in [1.82, 2.24) is 52.7 Å². The summed E-state index contributed by atoms with van der Waals surface area (Å²) in [5.74, 6) is 1.95. The van der Waals surface area contributed by atoms with Crippen LogP contribution in [0.5, 0.6) is 0 Å². The summed E-state index contributed by atoms with van der Waals surface area (Å²) < 4.78 is 18.2. The second-order valence-corrected chi connectivity index (χ2v) is 39.4. The Kier molecular flexibility index (Phi) is 19.2. The number of aromatic nitrogens is 11. The van der Waals surface area contributed by atoms with E-state index in [9.17, 15) is 0 Å². The zero-order valence-electron chi connectivity index (χ0n) is 81.1. The Morgan fingerprint density at radius 3 is 1.20 bits per heavy atom. The standard InChI is InChI=1S/C48H30N4.C47H31N3O.C42H26N4/c1-2-13-31(14-3-1)33-16-12-17-34(29-33)47-39-21-6-9-22-41(39)49-48(50-47)52-44-28-26-35(30-40(44)46-36-18-5-4-15-32(36)25-27-45(46)52)51-42-23-10-7-19-37(42)38-20-8-11-24-43(38)51;1-47(2)37-17-9-6-14-31(37)32-22-20-29(26-38(32)47)30-21-23-36-41(27-30)50(40-25-24-34-33-15-8-11-19-42(33)51-45(34)43(36)40)46-48-39-18-10-7-16-35(39)44(49-46)28-12-4-3-5-13-28;1-3-13-27(14-4-1)39-35-19-7-10-20-36(35)43-42(44-39)46-38-22-12-9-18-30(38)32-24-25-33-34(41(32)46)26-23-31-29-17-8-11-21-37(29)45(40(31)33)28-15-5-2-6-16-28/h1-30H;3-27H,1-2H3;1-26H. The smallest absolute Gasteiger partial charge is 0.235 e. The SMILES string of the molecule is CC1(C)c2ccccc2-c2ccc(-c3ccc4c5c6oc7ccccc7c6ccc5n(-c5nc(-c6ccccc6)c6ccccc6n5)c4c3)cc21.c1ccc(-c2cccc(-c3nc(-n4c5ccc(-n6c7ccccc7c7ccccc76)cc5c5c6ccccc6ccc54)nc4ccccc34)c2)cc1.c1ccc(-c2nc(-n3c4ccccc4c4ccc5c(ccc6c7ccccc7n(-c7ccccc7)c65)c43)nc3ccccc23)cc1. The fraction of sp³-hybridized carbons (Fsp3) is 0.0219. The van der Waals surface area contributed by atoms with E-state index >= 15 is 0 Å². The summed E-state index contributed by atoms with van der Waals surface area (Å²) in [6.45, 7) is 4.67. The van der Waals surface area contributed by atoms with Gasteiger partial charge >= 0.3 is 0 Å². The molecule has 0 unspecified atom stereocenters. The highest BCUT2D eigenvalue weighted by molar-refractivity contribution is 6.28. The molecule has 12 nitrogen and oxygen atoms in total. The summed E-state index contributed by atoms with van der Waals surface area (Å²) in [7, 11) is 0. The Labute approximate surface area is 854 Å². The van der Waals surface area contributed by atoms with Crippen molar-refractivity contribution in [2.75, 3.05) is 0 Å². The van der Waals surface area contributed by atoms with Gasteiger partial charge in [-0.3, -0.25) is 13.7 Å². The third-order valence-corrected chi connectivity index (χ3v) is 30.9. The molecule has 0 fully saturated rings. The lowest BCUT2D eigenvalue weighted by Crippen LogP contribution is -2.14. The van der Waals surface area contributed by atoms with Crippen molar-refractivity contribution in [3.8, 4) is 96.4 Å². The molecule has 0 radical (unpaired) electrons. The van der Waals surface area contributed by atoms with Crippen molar-refractivity contribution in [2.24, 2.45) is 0 Å². The molecule has 9 aromatic heterocycles. The van der Waals surface area contributed by atoms with E-state index in [2.05, 4.69) is 492 Å². The molecule has 0 atom stereocenters. The highest BCUT2D eigenvalue weighted by Gasteiger charge is 2.36. The summed E-state index contributed by atoms with van der Waals surface area (Å²) in [5, 5.41) is 21.9. The number of hydrogen-bond acceptors (Lipinski definition) is 7. The van der Waals surface area contributed by atoms with Crippen molar-refractivity contribution < 1.29 is 4.42 Å². The van der Waals surface area contributed by atoms with Crippen LogP contribution >= 0.6 is 0 Å². The van der Waals surface area contributed by atoms with Crippen LogP contribution in [-0.2, 0) is 5.41 Å². The summed E-state index contributed by atoms with van der Waals surface area (Å²) in [4.78, 5) is 31.8. The molecule has 0 spiro atoms. The van der Waals surface area contributed by atoms with Gasteiger partial charge in [0.2, 0.25) is 17.8 Å². The van der Waals surface area contributed by atoms with Gasteiger partial charge in [-0.15, -0.1) is 0 Å². The molecule has 31 aromatic rings. The quantitative estimate of drug-likeness (QED) is 0.134. The predicted octanol–water partition coefficient (Wildman–Crippen LogP) is 35.2. The van der Waals surface area contributed by atoms with Gasteiger partial charge in [0.05, 0.1) is 94.2 Å². The van der Waals surface area contributed by atoms with Gasteiger partial charge in [0.1, 0.15) is 11.2 Å². The Bertz CT molecular complexity index is 10900. The first-order valence-corrected chi connectivity index (χ1v) is 50.8. The molecule has 22 aromatic carbocycles. The molecule has 0 saturated heterocycles. The monoisotopic (exact) mass is 1900 g/mol. The summed E-state index contributed by atoms with van der Waals surface area (Å²) in [5.41, 5.74) is 33.8. The van der Waals surface area contributed by atoms with Crippen LogP contribution < -0.4 is 0 Å². The molecule has 32 rings (SSSR count). The van der Waals surface area contributed by atoms with Gasteiger partial charge in [-0.05, 0) is 171 Å². The average Bonchev–Trinajstić information content (AvgIpc) is 1.56. The molecule has 1 aliphatic rings. The first kappa shape index (κ1) is 84.8. The number of benzene rings is 22. The number of nitrogens with zero attached hydrogens (tertiary/aromatic N) is 11. The molecule has 0 aliphatic heterocycles. The number of rotatable bonds is 10. The van der Waals surface area contributed by atoms with E-state index in [0.29, 0.717) is 17.8 Å². The van der Waals surface area contributed by atoms with Crippen LogP contribution in [0.25, 0.3) is 282 Å². The van der Waals surface area contributed by atoms with Crippen LogP contribution in [0, 0.1) is 0 Å². The van der Waals surface area contributed by atoms with Crippen molar-refractivity contribution >= 4 is 185 Å². The van der Waals surface area contributed by atoms with E-state index in [1.165, 1.54) is 115 Å². The van der Waals surface area contributed by atoms with Crippen molar-refractivity contribution in [2.45, 2.75) is 19.3 Å². The Hall–Kier alpha value is -19.8. The van der Waals surface area contributed by atoms with E-state index in [4.69, 9.17) is 34.3 Å². The first-order chi connectivity index (χ1) is 73.7. The van der Waals surface area contributed by atoms with Crippen LogP contribution in [0.15, 0.2) is 496 Å². The van der Waals surface area contributed by atoms with E-state index in [-0.39, 0.29) is 5.41 Å². The highest BCUT2D eigenvalue weighted by Crippen LogP contribution is 2.52. The molecule has 0 bridgehead atoms. The van der Waals surface area contributed by atoms with E-state index in [0.717, 1.165) is 160 Å². The van der Waals surface area contributed by atoms with E-state index in [1.807, 2.05) is 36.4 Å². The molecule has 0 saturated carbocycles. The maximum absolute atomic E-state index is 6.65. The third kappa shape index (κ3) is 13.3. The molecule has 696 valence electrons. The Morgan fingerprint density at radius 1 is 0.195 bits per heavy atom. The third-order valence-electron chi connectivity index (χ3n) is 30.9. The molecule has 9 heterocycles. The summed E-state index contributed by atoms with van der Waals surface area (Å²) in [6, 6.07) is 175. The largest absolute Gasteiger partial charge is 0.455 e. The minimum atomic E-state index is -0.0827. The second kappa shape index (κ2) is 33.7. The van der Waals surface area contributed by atoms with Crippen LogP contribution in [0.4, 0.5) is 0 Å². The maximum atomic E-state index is 6.65. The predicted molar refractivity (Wildman–Crippen MR) is 617 cm³/mol. The summed E-state index contributed by atoms with van der Waals surface area (Å²) in [6.07, 6.45) is 0. The van der Waals surface area contributed by atoms with Crippen LogP contribution in [0.2, 0.25) is 0 Å². The number of para-hydroxylation sites is 9. The normalized spacial score (nSPS) is 12.4. The lowest BCUT2D eigenvalue weighted by molar-refractivity contribution is 0.660. The molecule has 0 N–H and O–H groups in total. The lowest BCUT2D eigenvalue weighted by atomic mass is 9.81. The van der Waals surface area contributed by atoms with E-state index in [1.54, 1.807) is 0 Å². The second-order valence-electron chi connectivity index (χ2n) is 39.4. The Balaban J connectivity index is 0.000000103. The van der Waals surface area contributed by atoms with Crippen molar-refractivity contribution in [3.05, 3.63) is 503 Å². The van der Waals surface area contributed by atoms with Gasteiger partial charge < -0.3 is 13.6 Å². The van der Waals surface area contributed by atoms with E-state index < -0.39 is 0 Å². The topological polar surface area (TPSA) is 115 Å². The molecular weight excluding hydrogens is 1820 g/mol. The maximum Gasteiger partial charge on any atom is 0.235 e. The van der Waals surface area contributed by atoms with Crippen LogP contribution in [-0.4, -0.2) is 52.7 Å². The minimum absolute atomic E-state index is 0.0827. The van der Waals surface area contributed by atoms with Gasteiger partial charge in [-0.1, -0.05) is 390 Å². The number of furan rings is 1. The zero-order chi connectivity index (χ0) is 98.2. The number of hydrogen-bond donors (Lipinski definition) is 0. The average molecular weight is 1900 g/mol. The fourth-order valence-electron chi connectivity index (χ4n) is 24.1. The van der Waals surface area contributed by atoms with Crippen molar-refractivity contribution in [1.29, 1.82) is 0 Å². The molecule has 12 heteroatoms. The van der Waals surface area contributed by atoms with Gasteiger partial charge in [0.15, 0.2) is 0 Å². The van der Waals surface area contributed by atoms with Crippen LogP contribution in [0.1, 0.15) is 25.0 Å². The molecule has 0 amide bonds. The van der Waals surface area contributed by atoms with Crippen molar-refractivity contribution in [3.63, 3.8) is 0 Å². The molecule has 1 aliphatic carbocycles. The Morgan fingerprint density at radius 2 is 0.591 bits per heavy atom. The fourth-order valence-corrected chi connectivity index (χ4v) is 24.1. The minimum Gasteiger partial charge on any atom is -0.455 e. The lowest BCUT2D eigenvalue weighted by Gasteiger charge is -2.22. The summed E-state index contributed by atoms with van der Waals surface area (Å²) >= 11 is 0. The first-order valence-electron chi connectivity index (χ1n) is 50.8. The van der Waals surface area contributed by atoms with Crippen LogP contribution in [0.3, 0.4) is 0 Å². The van der Waals surface area contributed by atoms with Gasteiger partial charge in [-0.25, -0.2) is 29.9 Å². The van der Waals surface area contributed by atoms with Gasteiger partial charge in [0.25, 0.3) is 0 Å². The zero-order valence-corrected chi connectivity index (χ0v) is 81.1. The van der Waals surface area contributed by atoms with Gasteiger partial charge in [-0.2, -0.15) is 0 Å². The molecule has 149 heavy (non-hydrogen) atoms. The molecular formula is C137H87N11O. The number of fused-ring (bicyclic) bond motifs is 30. The highest BCUT2D eigenvalue weighted by atomic mass is 16.3. The van der Waals surface area contributed by atoms with Gasteiger partial charge in [0, 0.05) is 120 Å².